The average Bonchev–Trinajstić information content (AvgIpc) is 2.75. The van der Waals surface area contributed by atoms with Gasteiger partial charge in [-0.1, -0.05) is 42.8 Å². The number of carbonyl (C=O) groups excluding carboxylic acids is 1. The largest absolute Gasteiger partial charge is 0.484 e. The van der Waals surface area contributed by atoms with Gasteiger partial charge >= 0.3 is 0 Å². The Hall–Kier alpha value is -2.83. The van der Waals surface area contributed by atoms with Crippen molar-refractivity contribution in [3.05, 3.63) is 88.4 Å². The fourth-order valence-corrected chi connectivity index (χ4v) is 4.70. The second kappa shape index (κ2) is 9.54. The Kier molecular flexibility index (Phi) is 7.03. The predicted octanol–water partition coefficient (Wildman–Crippen LogP) is 5.32. The van der Waals surface area contributed by atoms with E-state index in [1.54, 1.807) is 25.1 Å². The summed E-state index contributed by atoms with van der Waals surface area (Å²) in [5.74, 6) is -0.178. The van der Waals surface area contributed by atoms with Gasteiger partial charge in [0.1, 0.15) is 5.75 Å². The van der Waals surface area contributed by atoms with E-state index in [-0.39, 0.29) is 4.90 Å². The molecule has 0 atom stereocenters. The van der Waals surface area contributed by atoms with Gasteiger partial charge in [-0.3, -0.25) is 4.79 Å². The van der Waals surface area contributed by atoms with Crippen molar-refractivity contribution in [1.29, 1.82) is 0 Å². The number of ether oxygens (including phenoxy) is 1. The van der Waals surface area contributed by atoms with Gasteiger partial charge in [0, 0.05) is 5.02 Å². The van der Waals surface area contributed by atoms with Crippen LogP contribution in [0.3, 0.4) is 0 Å². The highest BCUT2D eigenvalue weighted by Crippen LogP contribution is 2.29. The van der Waals surface area contributed by atoms with Crippen molar-refractivity contribution in [2.45, 2.75) is 32.1 Å². The lowest BCUT2D eigenvalue weighted by Crippen LogP contribution is -2.40. The topological polar surface area (TPSA) is 63.7 Å². The second-order valence-electron chi connectivity index (χ2n) is 7.20. The molecule has 0 N–H and O–H groups in total. The number of carbonyl (C=O) groups is 1. The molecule has 162 valence electrons. The first-order chi connectivity index (χ1) is 14.7. The van der Waals surface area contributed by atoms with Crippen LogP contribution in [-0.2, 0) is 21.2 Å². The average molecular weight is 458 g/mol. The number of nitrogens with zero attached hydrogens (tertiary/aromatic N) is 1. The van der Waals surface area contributed by atoms with Gasteiger partial charge in [0.05, 0.1) is 10.6 Å². The van der Waals surface area contributed by atoms with Crippen molar-refractivity contribution < 1.29 is 17.9 Å². The molecule has 1 amide bonds. The summed E-state index contributed by atoms with van der Waals surface area (Å²) in [6.07, 6.45) is 0.824. The molecule has 0 aliphatic carbocycles. The zero-order valence-electron chi connectivity index (χ0n) is 17.6. The van der Waals surface area contributed by atoms with Crippen LogP contribution in [0.4, 0.5) is 5.69 Å². The van der Waals surface area contributed by atoms with Crippen LogP contribution in [0.5, 0.6) is 5.75 Å². The molecule has 0 fully saturated rings. The molecule has 0 saturated carbocycles. The molecule has 0 aromatic heterocycles. The fraction of sp³-hybridized carbons (Fsp3) is 0.208. The minimum absolute atomic E-state index is 0.0286. The van der Waals surface area contributed by atoms with Crippen LogP contribution in [-0.4, -0.2) is 20.9 Å². The van der Waals surface area contributed by atoms with Crippen LogP contribution < -0.4 is 9.04 Å². The van der Waals surface area contributed by atoms with E-state index >= 15 is 0 Å². The molecule has 0 unspecified atom stereocenters. The molecule has 3 rings (SSSR count). The van der Waals surface area contributed by atoms with Gasteiger partial charge in [-0.15, -0.1) is 0 Å². The number of aryl methyl sites for hydroxylation is 3. The van der Waals surface area contributed by atoms with Crippen molar-refractivity contribution in [2.24, 2.45) is 0 Å². The highest BCUT2D eigenvalue weighted by atomic mass is 35.5. The number of benzene rings is 3. The molecule has 0 radical (unpaired) electrons. The van der Waals surface area contributed by atoms with Gasteiger partial charge in [-0.05, 0) is 79.4 Å². The molecule has 0 aliphatic rings. The van der Waals surface area contributed by atoms with Crippen molar-refractivity contribution in [2.75, 3.05) is 10.9 Å². The molecule has 0 spiro atoms. The van der Waals surface area contributed by atoms with Gasteiger partial charge in [-0.2, -0.15) is 4.31 Å². The van der Waals surface area contributed by atoms with E-state index in [0.717, 1.165) is 21.9 Å². The monoisotopic (exact) mass is 457 g/mol. The number of rotatable bonds is 7. The van der Waals surface area contributed by atoms with Crippen molar-refractivity contribution >= 4 is 33.2 Å². The molecule has 3 aromatic rings. The van der Waals surface area contributed by atoms with Gasteiger partial charge in [0.15, 0.2) is 6.61 Å². The minimum Gasteiger partial charge on any atom is -0.484 e. The molecule has 31 heavy (non-hydrogen) atoms. The van der Waals surface area contributed by atoms with Crippen LogP contribution >= 0.6 is 11.6 Å². The van der Waals surface area contributed by atoms with E-state index in [2.05, 4.69) is 0 Å². The molecule has 0 heterocycles. The highest BCUT2D eigenvalue weighted by Gasteiger charge is 2.32. The lowest BCUT2D eigenvalue weighted by Gasteiger charge is -2.25. The van der Waals surface area contributed by atoms with Crippen LogP contribution in [0.1, 0.15) is 23.6 Å². The zero-order valence-corrected chi connectivity index (χ0v) is 19.2. The number of halogens is 1. The second-order valence-corrected chi connectivity index (χ2v) is 9.42. The lowest BCUT2D eigenvalue weighted by molar-refractivity contribution is -0.119. The summed E-state index contributed by atoms with van der Waals surface area (Å²) in [6.45, 7) is 5.20. The summed E-state index contributed by atoms with van der Waals surface area (Å²) < 4.78 is 33.4. The Morgan fingerprint density at radius 3 is 2.39 bits per heavy atom. The first-order valence-corrected chi connectivity index (χ1v) is 11.7. The smallest absolute Gasteiger partial charge is 0.278 e. The zero-order chi connectivity index (χ0) is 22.6. The maximum Gasteiger partial charge on any atom is 0.278 e. The van der Waals surface area contributed by atoms with Crippen LogP contribution in [0.2, 0.25) is 5.02 Å². The Morgan fingerprint density at radius 1 is 1.00 bits per heavy atom. The highest BCUT2D eigenvalue weighted by molar-refractivity contribution is 7.93. The summed E-state index contributed by atoms with van der Waals surface area (Å²) >= 11 is 5.91. The minimum atomic E-state index is -4.18. The van der Waals surface area contributed by atoms with Crippen molar-refractivity contribution in [3.63, 3.8) is 0 Å². The SMILES string of the molecule is CCc1cccc(OCC(=O)N(c2cc(C)ccc2C)S(=O)(=O)c2ccc(Cl)cc2)c1. The predicted molar refractivity (Wildman–Crippen MR) is 123 cm³/mol. The van der Waals surface area contributed by atoms with E-state index in [9.17, 15) is 13.2 Å². The quantitative estimate of drug-likeness (QED) is 0.481. The summed E-state index contributed by atoms with van der Waals surface area (Å²) in [5.41, 5.74) is 2.85. The third-order valence-corrected chi connectivity index (χ3v) is 6.83. The maximum absolute atomic E-state index is 13.5. The number of anilines is 1. The van der Waals surface area contributed by atoms with Crippen molar-refractivity contribution in [1.82, 2.24) is 0 Å². The molecule has 3 aromatic carbocycles. The first-order valence-electron chi connectivity index (χ1n) is 9.85. The summed E-state index contributed by atoms with van der Waals surface area (Å²) in [6, 6.07) is 18.4. The Labute approximate surface area is 188 Å². The van der Waals surface area contributed by atoms with E-state index in [1.165, 1.54) is 24.3 Å². The normalized spacial score (nSPS) is 11.2. The Balaban J connectivity index is 2.00. The number of sulfonamides is 1. The summed E-state index contributed by atoms with van der Waals surface area (Å²) in [4.78, 5) is 13.2. The maximum atomic E-state index is 13.5. The van der Waals surface area contributed by atoms with E-state index in [4.69, 9.17) is 16.3 Å². The number of hydrogen-bond acceptors (Lipinski definition) is 4. The summed E-state index contributed by atoms with van der Waals surface area (Å²) in [5, 5.41) is 0.405. The molecular weight excluding hydrogens is 434 g/mol. The molecule has 5 nitrogen and oxygen atoms in total. The van der Waals surface area contributed by atoms with Gasteiger partial charge in [0.2, 0.25) is 0 Å². The molecule has 0 saturated heterocycles. The van der Waals surface area contributed by atoms with Crippen LogP contribution in [0.15, 0.2) is 71.6 Å². The molecule has 7 heteroatoms. The third-order valence-electron chi connectivity index (χ3n) is 4.83. The van der Waals surface area contributed by atoms with Gasteiger partial charge in [-0.25, -0.2) is 8.42 Å². The number of hydrogen-bond donors (Lipinski definition) is 0. The van der Waals surface area contributed by atoms with Gasteiger partial charge < -0.3 is 4.74 Å². The van der Waals surface area contributed by atoms with E-state index in [1.807, 2.05) is 38.1 Å². The molecule has 0 bridgehead atoms. The van der Waals surface area contributed by atoms with E-state index < -0.39 is 22.5 Å². The summed E-state index contributed by atoms with van der Waals surface area (Å²) in [7, 11) is -4.18. The lowest BCUT2D eigenvalue weighted by atomic mass is 10.1. The fourth-order valence-electron chi connectivity index (χ4n) is 3.11. The van der Waals surface area contributed by atoms with Gasteiger partial charge in [0.25, 0.3) is 15.9 Å². The van der Waals surface area contributed by atoms with E-state index in [0.29, 0.717) is 22.0 Å². The standard InChI is InChI=1S/C24H24ClNO4S/c1-4-19-6-5-7-21(15-19)30-16-24(27)26(23-14-17(2)8-9-18(23)3)31(28,29)22-12-10-20(25)11-13-22/h5-15H,4,16H2,1-3H3. The Morgan fingerprint density at radius 2 is 1.71 bits per heavy atom. The Bertz CT molecular complexity index is 1190. The molecule has 0 aliphatic heterocycles. The van der Waals surface area contributed by atoms with Crippen LogP contribution in [0, 0.1) is 13.8 Å². The third kappa shape index (κ3) is 5.27. The number of amides is 1. The van der Waals surface area contributed by atoms with Crippen molar-refractivity contribution in [3.8, 4) is 5.75 Å². The molecular formula is C24H24ClNO4S. The first kappa shape index (κ1) is 22.8. The van der Waals surface area contributed by atoms with Crippen LogP contribution in [0.25, 0.3) is 0 Å².